The second-order valence-corrected chi connectivity index (χ2v) is 3.28. The number of carbonyl (C=O) groups is 1. The molecule has 0 saturated heterocycles. The molecule has 5 heteroatoms. The van der Waals surface area contributed by atoms with Gasteiger partial charge < -0.3 is 10.2 Å². The van der Waals surface area contributed by atoms with Crippen molar-refractivity contribution in [3.05, 3.63) is 0 Å². The molecule has 0 amide bonds. The highest BCUT2D eigenvalue weighted by molar-refractivity contribution is 5.76. The minimum atomic E-state index is -3.92. The molecular formula is C7H12F2O3. The number of carboxylic acid groups (broad SMARTS) is 1. The van der Waals surface area contributed by atoms with Gasteiger partial charge in [-0.3, -0.25) is 0 Å². The molecule has 12 heavy (non-hydrogen) atoms. The van der Waals surface area contributed by atoms with Crippen molar-refractivity contribution in [3.63, 3.8) is 0 Å². The average molecular weight is 182 g/mol. The van der Waals surface area contributed by atoms with Gasteiger partial charge in [0.05, 0.1) is 11.5 Å². The first-order chi connectivity index (χ1) is 5.14. The molecule has 0 aromatic rings. The van der Waals surface area contributed by atoms with E-state index in [1.807, 2.05) is 0 Å². The third-order valence-corrected chi connectivity index (χ3v) is 2.12. The highest BCUT2D eigenvalue weighted by atomic mass is 19.3. The van der Waals surface area contributed by atoms with E-state index in [2.05, 4.69) is 0 Å². The Bertz CT molecular complexity index is 187. The van der Waals surface area contributed by atoms with Crippen molar-refractivity contribution in [2.24, 2.45) is 5.41 Å². The zero-order chi connectivity index (χ0) is 10.2. The van der Waals surface area contributed by atoms with E-state index in [1.165, 1.54) is 0 Å². The minimum absolute atomic E-state index is 1.01. The van der Waals surface area contributed by atoms with Crippen LogP contribution in [0.5, 0.6) is 0 Å². The summed E-state index contributed by atoms with van der Waals surface area (Å²) in [6.07, 6.45) is -1.39. The minimum Gasteiger partial charge on any atom is -0.477 e. The van der Waals surface area contributed by atoms with Crippen molar-refractivity contribution in [3.8, 4) is 0 Å². The van der Waals surface area contributed by atoms with Crippen LogP contribution in [0.2, 0.25) is 0 Å². The molecule has 0 fully saturated rings. The monoisotopic (exact) mass is 182 g/mol. The van der Waals surface area contributed by atoms with Crippen LogP contribution >= 0.6 is 0 Å². The summed E-state index contributed by atoms with van der Waals surface area (Å²) in [5.41, 5.74) is -1.96. The standard InChI is InChI=1S/C7H12F2O3/c1-4(10)6(2,3)7(8,9)5(11)12/h4,10H,1-3H3,(H,11,12). The quantitative estimate of drug-likeness (QED) is 0.687. The lowest BCUT2D eigenvalue weighted by atomic mass is 9.80. The number of alkyl halides is 2. The first-order valence-corrected chi connectivity index (χ1v) is 3.43. The lowest BCUT2D eigenvalue weighted by Gasteiger charge is -2.33. The maximum atomic E-state index is 12.8. The number of aliphatic carboxylic acids is 1. The van der Waals surface area contributed by atoms with Crippen molar-refractivity contribution < 1.29 is 23.8 Å². The molecule has 0 aliphatic heterocycles. The molecule has 0 bridgehead atoms. The van der Waals surface area contributed by atoms with Gasteiger partial charge in [0, 0.05) is 0 Å². The fourth-order valence-electron chi connectivity index (χ4n) is 0.538. The molecule has 0 saturated carbocycles. The van der Waals surface area contributed by atoms with Gasteiger partial charge in [-0.1, -0.05) is 13.8 Å². The second-order valence-electron chi connectivity index (χ2n) is 3.28. The first-order valence-electron chi connectivity index (χ1n) is 3.43. The smallest absolute Gasteiger partial charge is 0.375 e. The second kappa shape index (κ2) is 2.97. The van der Waals surface area contributed by atoms with E-state index in [0.29, 0.717) is 0 Å². The van der Waals surface area contributed by atoms with E-state index in [0.717, 1.165) is 20.8 Å². The van der Waals surface area contributed by atoms with Gasteiger partial charge in [-0.25, -0.2) is 4.79 Å². The summed E-state index contributed by atoms with van der Waals surface area (Å²) in [6.45, 7) is 3.15. The Labute approximate surface area is 69.0 Å². The fraction of sp³-hybridized carbons (Fsp3) is 0.857. The van der Waals surface area contributed by atoms with Crippen LogP contribution in [0.15, 0.2) is 0 Å². The molecule has 72 valence electrons. The van der Waals surface area contributed by atoms with E-state index >= 15 is 0 Å². The molecule has 0 radical (unpaired) electrons. The molecule has 0 heterocycles. The third-order valence-electron chi connectivity index (χ3n) is 2.12. The van der Waals surface area contributed by atoms with Gasteiger partial charge in [-0.2, -0.15) is 8.78 Å². The number of rotatable bonds is 3. The van der Waals surface area contributed by atoms with E-state index in [4.69, 9.17) is 10.2 Å². The van der Waals surface area contributed by atoms with Crippen LogP contribution in [0.25, 0.3) is 0 Å². The molecule has 0 aliphatic rings. The predicted octanol–water partition coefficient (Wildman–Crippen LogP) is 1.11. The van der Waals surface area contributed by atoms with E-state index in [9.17, 15) is 13.6 Å². The van der Waals surface area contributed by atoms with Crippen molar-refractivity contribution in [2.75, 3.05) is 0 Å². The predicted molar refractivity (Wildman–Crippen MR) is 38.0 cm³/mol. The van der Waals surface area contributed by atoms with Gasteiger partial charge in [0.25, 0.3) is 0 Å². The molecule has 0 aliphatic carbocycles. The number of aliphatic hydroxyl groups excluding tert-OH is 1. The summed E-state index contributed by atoms with van der Waals surface area (Å²) in [6, 6.07) is 0. The number of carboxylic acids is 1. The van der Waals surface area contributed by atoms with Gasteiger partial charge in [0.1, 0.15) is 0 Å². The topological polar surface area (TPSA) is 57.5 Å². The molecule has 1 atom stereocenters. The van der Waals surface area contributed by atoms with Gasteiger partial charge in [-0.05, 0) is 6.92 Å². The van der Waals surface area contributed by atoms with Crippen LogP contribution in [0, 0.1) is 5.41 Å². The van der Waals surface area contributed by atoms with Gasteiger partial charge in [-0.15, -0.1) is 0 Å². The van der Waals surface area contributed by atoms with Crippen LogP contribution in [0.4, 0.5) is 8.78 Å². The zero-order valence-corrected chi connectivity index (χ0v) is 7.14. The molecule has 0 spiro atoms. The Hall–Kier alpha value is -0.710. The maximum absolute atomic E-state index is 12.8. The third kappa shape index (κ3) is 1.55. The summed E-state index contributed by atoms with van der Waals surface area (Å²) >= 11 is 0. The molecule has 2 N–H and O–H groups in total. The van der Waals surface area contributed by atoms with E-state index in [-0.39, 0.29) is 0 Å². The molecule has 0 rings (SSSR count). The Morgan fingerprint density at radius 2 is 1.75 bits per heavy atom. The van der Waals surface area contributed by atoms with E-state index < -0.39 is 23.4 Å². The summed E-state index contributed by atoms with van der Waals surface area (Å²) in [4.78, 5) is 10.1. The van der Waals surface area contributed by atoms with Crippen molar-refractivity contribution >= 4 is 5.97 Å². The maximum Gasteiger partial charge on any atom is 0.375 e. The van der Waals surface area contributed by atoms with Crippen molar-refractivity contribution in [1.29, 1.82) is 0 Å². The summed E-state index contributed by atoms with van der Waals surface area (Å²) in [5.74, 6) is -6.13. The normalized spacial score (nSPS) is 15.8. The van der Waals surface area contributed by atoms with Crippen LogP contribution in [-0.2, 0) is 4.79 Å². The Morgan fingerprint density at radius 1 is 1.42 bits per heavy atom. The Kier molecular flexibility index (Phi) is 2.79. The van der Waals surface area contributed by atoms with Crippen molar-refractivity contribution in [1.82, 2.24) is 0 Å². The number of halogens is 2. The number of aliphatic hydroxyl groups is 1. The highest BCUT2D eigenvalue weighted by Gasteiger charge is 2.56. The van der Waals surface area contributed by atoms with Gasteiger partial charge in [0.2, 0.25) is 0 Å². The first kappa shape index (κ1) is 11.3. The van der Waals surface area contributed by atoms with Crippen LogP contribution in [-0.4, -0.2) is 28.2 Å². The lowest BCUT2D eigenvalue weighted by molar-refractivity contribution is -0.196. The van der Waals surface area contributed by atoms with Gasteiger partial charge in [0.15, 0.2) is 0 Å². The highest BCUT2D eigenvalue weighted by Crippen LogP contribution is 2.39. The summed E-state index contributed by atoms with van der Waals surface area (Å²) in [7, 11) is 0. The Morgan fingerprint density at radius 3 is 1.83 bits per heavy atom. The van der Waals surface area contributed by atoms with Crippen LogP contribution in [0.1, 0.15) is 20.8 Å². The van der Waals surface area contributed by atoms with Crippen LogP contribution in [0.3, 0.4) is 0 Å². The fourth-order valence-corrected chi connectivity index (χ4v) is 0.538. The van der Waals surface area contributed by atoms with Crippen LogP contribution < -0.4 is 0 Å². The Balaban J connectivity index is 4.88. The van der Waals surface area contributed by atoms with E-state index in [1.54, 1.807) is 0 Å². The summed E-state index contributed by atoms with van der Waals surface area (Å²) in [5, 5.41) is 17.1. The average Bonchev–Trinajstić information content (AvgIpc) is 1.86. The molecular weight excluding hydrogens is 170 g/mol. The van der Waals surface area contributed by atoms with Gasteiger partial charge >= 0.3 is 11.9 Å². The summed E-state index contributed by atoms with van der Waals surface area (Å²) < 4.78 is 25.6. The number of hydrogen-bond donors (Lipinski definition) is 2. The zero-order valence-electron chi connectivity index (χ0n) is 7.14. The molecule has 1 unspecified atom stereocenters. The lowest BCUT2D eigenvalue weighted by Crippen LogP contribution is -2.49. The largest absolute Gasteiger partial charge is 0.477 e. The molecule has 0 aromatic heterocycles. The molecule has 0 aromatic carbocycles. The molecule has 3 nitrogen and oxygen atoms in total. The van der Waals surface area contributed by atoms with Crippen molar-refractivity contribution in [2.45, 2.75) is 32.8 Å². The number of hydrogen-bond acceptors (Lipinski definition) is 2. The SMILES string of the molecule is CC(O)C(C)(C)C(F)(F)C(=O)O.